The summed E-state index contributed by atoms with van der Waals surface area (Å²) < 4.78 is 1.70. The van der Waals surface area contributed by atoms with Gasteiger partial charge in [0, 0.05) is 11.6 Å². The molecule has 3 aromatic rings. The molecule has 0 amide bonds. The van der Waals surface area contributed by atoms with Crippen LogP contribution in [0, 0.1) is 0 Å². The zero-order valence-corrected chi connectivity index (χ0v) is 9.92. The van der Waals surface area contributed by atoms with E-state index in [0.717, 1.165) is 17.5 Å². The molecule has 90 valence electrons. The van der Waals surface area contributed by atoms with Crippen LogP contribution in [0.3, 0.4) is 0 Å². The van der Waals surface area contributed by atoms with Crippen molar-refractivity contribution in [2.45, 2.75) is 13.3 Å². The lowest BCUT2D eigenvalue weighted by molar-refractivity contribution is 0.889. The largest absolute Gasteiger partial charge is 0.292 e. The summed E-state index contributed by atoms with van der Waals surface area (Å²) in [4.78, 5) is 11.5. The molecule has 0 saturated carbocycles. The van der Waals surface area contributed by atoms with Gasteiger partial charge in [-0.15, -0.1) is 0 Å². The molecule has 0 fully saturated rings. The Balaban J connectivity index is 2.13. The number of aromatic amines is 1. The lowest BCUT2D eigenvalue weighted by atomic mass is 10.1. The fourth-order valence-electron chi connectivity index (χ4n) is 1.89. The number of hydrogen-bond donors (Lipinski definition) is 1. The van der Waals surface area contributed by atoms with Crippen molar-refractivity contribution < 1.29 is 0 Å². The highest BCUT2D eigenvalue weighted by Gasteiger charge is 2.05. The van der Waals surface area contributed by atoms with Gasteiger partial charge in [-0.3, -0.25) is 4.79 Å². The van der Waals surface area contributed by atoms with E-state index in [9.17, 15) is 4.79 Å². The van der Waals surface area contributed by atoms with Crippen molar-refractivity contribution in [3.63, 3.8) is 0 Å². The highest BCUT2D eigenvalue weighted by Crippen LogP contribution is 2.13. The maximum atomic E-state index is 11.5. The van der Waals surface area contributed by atoms with Gasteiger partial charge in [0.15, 0.2) is 5.52 Å². The lowest BCUT2D eigenvalue weighted by Gasteiger charge is -2.01. The SMILES string of the molecule is CCc1ccc(-n2cc3cn[nH]c(=O)c3n2)cc1. The summed E-state index contributed by atoms with van der Waals surface area (Å²) in [6.07, 6.45) is 4.41. The van der Waals surface area contributed by atoms with Gasteiger partial charge in [0.2, 0.25) is 0 Å². The van der Waals surface area contributed by atoms with E-state index in [4.69, 9.17) is 0 Å². The van der Waals surface area contributed by atoms with Crippen LogP contribution in [0.1, 0.15) is 12.5 Å². The van der Waals surface area contributed by atoms with Gasteiger partial charge in [-0.25, -0.2) is 9.78 Å². The van der Waals surface area contributed by atoms with Crippen molar-refractivity contribution in [3.05, 3.63) is 52.6 Å². The van der Waals surface area contributed by atoms with Crippen molar-refractivity contribution in [1.29, 1.82) is 0 Å². The Labute approximate surface area is 103 Å². The molecule has 0 aliphatic rings. The van der Waals surface area contributed by atoms with Crippen molar-refractivity contribution in [2.24, 2.45) is 0 Å². The molecular formula is C13H12N4O. The number of hydrogen-bond acceptors (Lipinski definition) is 3. The van der Waals surface area contributed by atoms with E-state index in [-0.39, 0.29) is 5.56 Å². The molecule has 5 heteroatoms. The molecule has 2 aromatic heterocycles. The molecule has 2 heterocycles. The van der Waals surface area contributed by atoms with Crippen LogP contribution in [0.15, 0.2) is 41.5 Å². The molecule has 0 radical (unpaired) electrons. The van der Waals surface area contributed by atoms with Gasteiger partial charge in [-0.2, -0.15) is 10.2 Å². The van der Waals surface area contributed by atoms with Crippen LogP contribution in [0.2, 0.25) is 0 Å². The highest BCUT2D eigenvalue weighted by molar-refractivity contribution is 5.76. The van der Waals surface area contributed by atoms with Crippen molar-refractivity contribution in [1.82, 2.24) is 20.0 Å². The Morgan fingerprint density at radius 2 is 2.06 bits per heavy atom. The number of aromatic nitrogens is 4. The predicted molar refractivity (Wildman–Crippen MR) is 68.9 cm³/mol. The van der Waals surface area contributed by atoms with E-state index in [1.165, 1.54) is 5.56 Å². The Morgan fingerprint density at radius 3 is 2.72 bits per heavy atom. The van der Waals surface area contributed by atoms with Gasteiger partial charge in [0.05, 0.1) is 11.9 Å². The summed E-state index contributed by atoms with van der Waals surface area (Å²) in [7, 11) is 0. The normalized spacial score (nSPS) is 10.9. The molecule has 0 aliphatic carbocycles. The second kappa shape index (κ2) is 4.10. The van der Waals surface area contributed by atoms with E-state index in [0.29, 0.717) is 5.52 Å². The first kappa shape index (κ1) is 10.7. The second-order valence-electron chi connectivity index (χ2n) is 4.10. The number of nitrogens with one attached hydrogen (secondary N) is 1. The molecule has 1 N–H and O–H groups in total. The topological polar surface area (TPSA) is 63.6 Å². The third-order valence-electron chi connectivity index (χ3n) is 2.94. The van der Waals surface area contributed by atoms with Crippen LogP contribution in [0.25, 0.3) is 16.6 Å². The third-order valence-corrected chi connectivity index (χ3v) is 2.94. The average Bonchev–Trinajstić information content (AvgIpc) is 2.84. The van der Waals surface area contributed by atoms with Gasteiger partial charge in [-0.05, 0) is 24.1 Å². The van der Waals surface area contributed by atoms with Crippen LogP contribution < -0.4 is 5.56 Å². The molecule has 0 saturated heterocycles. The van der Waals surface area contributed by atoms with Crippen molar-refractivity contribution >= 4 is 10.9 Å². The van der Waals surface area contributed by atoms with Crippen molar-refractivity contribution in [3.8, 4) is 5.69 Å². The minimum Gasteiger partial charge on any atom is -0.265 e. The fourth-order valence-corrected chi connectivity index (χ4v) is 1.89. The van der Waals surface area contributed by atoms with Gasteiger partial charge in [-0.1, -0.05) is 19.1 Å². The molecule has 1 aromatic carbocycles. The van der Waals surface area contributed by atoms with Crippen LogP contribution in [0.5, 0.6) is 0 Å². The summed E-state index contributed by atoms with van der Waals surface area (Å²) in [5, 5.41) is 11.1. The van der Waals surface area contributed by atoms with E-state index in [1.807, 2.05) is 12.1 Å². The summed E-state index contributed by atoms with van der Waals surface area (Å²) in [5.41, 5.74) is 2.35. The second-order valence-corrected chi connectivity index (χ2v) is 4.10. The van der Waals surface area contributed by atoms with Crippen molar-refractivity contribution in [2.75, 3.05) is 0 Å². The van der Waals surface area contributed by atoms with Crippen LogP contribution in [0.4, 0.5) is 0 Å². The lowest BCUT2D eigenvalue weighted by Crippen LogP contribution is -2.07. The number of rotatable bonds is 2. The molecule has 5 nitrogen and oxygen atoms in total. The zero-order chi connectivity index (χ0) is 12.5. The molecule has 0 aliphatic heterocycles. The summed E-state index contributed by atoms with van der Waals surface area (Å²) in [6, 6.07) is 8.10. The van der Waals surface area contributed by atoms with Crippen LogP contribution in [-0.2, 0) is 6.42 Å². The van der Waals surface area contributed by atoms with Crippen LogP contribution in [-0.4, -0.2) is 20.0 Å². The minimum atomic E-state index is -0.267. The maximum absolute atomic E-state index is 11.5. The monoisotopic (exact) mass is 240 g/mol. The predicted octanol–water partition coefficient (Wildman–Crippen LogP) is 1.67. The maximum Gasteiger partial charge on any atom is 0.292 e. The molecule has 0 atom stereocenters. The Bertz CT molecular complexity index is 740. The minimum absolute atomic E-state index is 0.267. The molecular weight excluding hydrogens is 228 g/mol. The number of fused-ring (bicyclic) bond motifs is 1. The zero-order valence-electron chi connectivity index (χ0n) is 9.92. The Kier molecular flexibility index (Phi) is 2.44. The highest BCUT2D eigenvalue weighted by atomic mass is 16.1. The number of H-pyrrole nitrogens is 1. The summed E-state index contributed by atoms with van der Waals surface area (Å²) in [5.74, 6) is 0. The van der Waals surface area contributed by atoms with E-state index >= 15 is 0 Å². The van der Waals surface area contributed by atoms with Gasteiger partial charge in [0.1, 0.15) is 0 Å². The van der Waals surface area contributed by atoms with Gasteiger partial charge < -0.3 is 0 Å². The number of aryl methyl sites for hydroxylation is 1. The molecule has 0 bridgehead atoms. The number of benzene rings is 1. The number of nitrogens with zero attached hydrogens (tertiary/aromatic N) is 3. The smallest absolute Gasteiger partial charge is 0.265 e. The van der Waals surface area contributed by atoms with E-state index in [1.54, 1.807) is 17.1 Å². The molecule has 0 unspecified atom stereocenters. The fraction of sp³-hybridized carbons (Fsp3) is 0.154. The third kappa shape index (κ3) is 1.69. The summed E-state index contributed by atoms with van der Waals surface area (Å²) >= 11 is 0. The van der Waals surface area contributed by atoms with Gasteiger partial charge >= 0.3 is 0 Å². The quantitative estimate of drug-likeness (QED) is 0.741. The first-order chi connectivity index (χ1) is 8.78. The van der Waals surface area contributed by atoms with E-state index < -0.39 is 0 Å². The molecule has 0 spiro atoms. The van der Waals surface area contributed by atoms with E-state index in [2.05, 4.69) is 34.4 Å². The molecule has 18 heavy (non-hydrogen) atoms. The first-order valence-electron chi connectivity index (χ1n) is 5.80. The Morgan fingerprint density at radius 1 is 1.28 bits per heavy atom. The van der Waals surface area contributed by atoms with Gasteiger partial charge in [0.25, 0.3) is 5.56 Å². The first-order valence-corrected chi connectivity index (χ1v) is 5.80. The Hall–Kier alpha value is -2.43. The van der Waals surface area contributed by atoms with Crippen LogP contribution >= 0.6 is 0 Å². The average molecular weight is 240 g/mol. The molecule has 3 rings (SSSR count). The standard InChI is InChI=1S/C13H12N4O/c1-2-9-3-5-11(6-4-9)17-8-10-7-14-15-13(18)12(10)16-17/h3-8H,2H2,1H3,(H,15,18). The summed E-state index contributed by atoms with van der Waals surface area (Å²) in [6.45, 7) is 2.11.